The Morgan fingerprint density at radius 2 is 1.85 bits per heavy atom. The molecule has 2 aromatic carbocycles. The lowest BCUT2D eigenvalue weighted by Crippen LogP contribution is -2.30. The first-order valence-electron chi connectivity index (χ1n) is 11.3. The summed E-state index contributed by atoms with van der Waals surface area (Å²) in [5.74, 6) is 0.0362. The number of carbonyl (C=O) groups is 2. The van der Waals surface area contributed by atoms with Crippen molar-refractivity contribution in [1.29, 1.82) is 0 Å². The molecule has 2 fully saturated rings. The van der Waals surface area contributed by atoms with Gasteiger partial charge < -0.3 is 9.47 Å². The number of hydrogen-bond donors (Lipinski definition) is 0. The van der Waals surface area contributed by atoms with Crippen LogP contribution in [0.2, 0.25) is 0 Å². The highest BCUT2D eigenvalue weighted by Crippen LogP contribution is 2.37. The minimum Gasteiger partial charge on any atom is -0.341 e. The van der Waals surface area contributed by atoms with Crippen LogP contribution in [-0.4, -0.2) is 38.7 Å². The number of nitrogens with zero attached hydrogens (tertiary/aromatic N) is 3. The molecule has 5 rings (SSSR count). The number of aromatic nitrogens is 1. The Morgan fingerprint density at radius 3 is 2.58 bits per heavy atom. The van der Waals surface area contributed by atoms with E-state index in [1.807, 2.05) is 53.6 Å². The molecule has 7 heteroatoms. The quantitative estimate of drug-likeness (QED) is 0.374. The van der Waals surface area contributed by atoms with Crippen molar-refractivity contribution in [2.45, 2.75) is 32.7 Å². The van der Waals surface area contributed by atoms with Crippen molar-refractivity contribution < 1.29 is 9.59 Å². The van der Waals surface area contributed by atoms with Crippen molar-refractivity contribution in [3.8, 4) is 0 Å². The summed E-state index contributed by atoms with van der Waals surface area (Å²) in [6, 6.07) is 15.7. The van der Waals surface area contributed by atoms with Gasteiger partial charge in [-0.25, -0.2) is 0 Å². The number of thioether (sulfide) groups is 1. The van der Waals surface area contributed by atoms with E-state index in [-0.39, 0.29) is 11.8 Å². The second-order valence-electron chi connectivity index (χ2n) is 8.32. The predicted molar refractivity (Wildman–Crippen MR) is 139 cm³/mol. The van der Waals surface area contributed by atoms with Gasteiger partial charge in [-0.3, -0.25) is 14.5 Å². The zero-order valence-electron chi connectivity index (χ0n) is 18.5. The SMILES string of the molecule is CCc1cccc2c(/C=C3\SC(=S)N(c4ccccc4)C3=O)cn(CC(=O)N3CCCC3)c12. The van der Waals surface area contributed by atoms with E-state index in [0.29, 0.717) is 15.8 Å². The van der Waals surface area contributed by atoms with Crippen LogP contribution in [0.15, 0.2) is 59.6 Å². The molecule has 0 saturated carbocycles. The second-order valence-corrected chi connectivity index (χ2v) is 10.00. The van der Waals surface area contributed by atoms with Crippen LogP contribution in [-0.2, 0) is 22.6 Å². The van der Waals surface area contributed by atoms with Crippen LogP contribution >= 0.6 is 24.0 Å². The van der Waals surface area contributed by atoms with E-state index in [1.54, 1.807) is 4.90 Å². The lowest BCUT2D eigenvalue weighted by atomic mass is 10.1. The zero-order chi connectivity index (χ0) is 22.9. The molecule has 2 amide bonds. The van der Waals surface area contributed by atoms with Gasteiger partial charge in [0.25, 0.3) is 5.91 Å². The summed E-state index contributed by atoms with van der Waals surface area (Å²) >= 11 is 6.84. The largest absolute Gasteiger partial charge is 0.341 e. The number of amides is 2. The summed E-state index contributed by atoms with van der Waals surface area (Å²) in [7, 11) is 0. The summed E-state index contributed by atoms with van der Waals surface area (Å²) < 4.78 is 2.58. The maximum Gasteiger partial charge on any atom is 0.270 e. The molecule has 1 aromatic heterocycles. The molecule has 168 valence electrons. The maximum atomic E-state index is 13.2. The standard InChI is InChI=1S/C26H25N3O2S2/c1-2-18-9-8-12-21-19(16-28(24(18)21)17-23(30)27-13-6-7-14-27)15-22-25(31)29(26(32)33-22)20-10-4-3-5-11-20/h3-5,8-12,15-16H,2,6-7,13-14,17H2,1H3/b22-15-. The normalized spacial score (nSPS) is 17.7. The number of fused-ring (bicyclic) bond motifs is 1. The third-order valence-corrected chi connectivity index (χ3v) is 7.55. The van der Waals surface area contributed by atoms with Crippen LogP contribution < -0.4 is 4.90 Å². The first-order chi connectivity index (χ1) is 16.1. The van der Waals surface area contributed by atoms with Crippen molar-refractivity contribution in [2.24, 2.45) is 0 Å². The minimum atomic E-state index is -0.114. The Bertz CT molecular complexity index is 1270. The fourth-order valence-corrected chi connectivity index (χ4v) is 5.90. The molecule has 0 N–H and O–H groups in total. The first kappa shape index (κ1) is 21.9. The molecular formula is C26H25N3O2S2. The van der Waals surface area contributed by atoms with Crippen molar-refractivity contribution >= 4 is 62.8 Å². The van der Waals surface area contributed by atoms with E-state index >= 15 is 0 Å². The smallest absolute Gasteiger partial charge is 0.270 e. The number of benzene rings is 2. The topological polar surface area (TPSA) is 45.6 Å². The van der Waals surface area contributed by atoms with Gasteiger partial charge in [-0.1, -0.05) is 67.3 Å². The van der Waals surface area contributed by atoms with E-state index in [2.05, 4.69) is 23.6 Å². The molecule has 3 aromatic rings. The molecule has 0 atom stereocenters. The highest BCUT2D eigenvalue weighted by Gasteiger charge is 2.33. The number of anilines is 1. The molecule has 2 saturated heterocycles. The Hall–Kier alpha value is -2.90. The number of hydrogen-bond acceptors (Lipinski definition) is 4. The van der Waals surface area contributed by atoms with Crippen LogP contribution in [0.1, 0.15) is 30.9 Å². The first-order valence-corrected chi connectivity index (χ1v) is 12.5. The second kappa shape index (κ2) is 9.15. The van der Waals surface area contributed by atoms with Crippen LogP contribution in [0.5, 0.6) is 0 Å². The fourth-order valence-electron chi connectivity index (χ4n) is 4.61. The average molecular weight is 476 g/mol. The molecular weight excluding hydrogens is 450 g/mol. The van der Waals surface area contributed by atoms with Crippen LogP contribution in [0.4, 0.5) is 5.69 Å². The molecule has 5 nitrogen and oxygen atoms in total. The van der Waals surface area contributed by atoms with E-state index in [4.69, 9.17) is 12.2 Å². The summed E-state index contributed by atoms with van der Waals surface area (Å²) in [6.45, 7) is 4.12. The van der Waals surface area contributed by atoms with Crippen LogP contribution in [0.25, 0.3) is 17.0 Å². The van der Waals surface area contributed by atoms with Crippen molar-refractivity contribution in [3.63, 3.8) is 0 Å². The summed E-state index contributed by atoms with van der Waals surface area (Å²) in [5, 5.41) is 1.05. The van der Waals surface area contributed by atoms with Gasteiger partial charge in [-0.2, -0.15) is 0 Å². The van der Waals surface area contributed by atoms with E-state index in [0.717, 1.165) is 54.5 Å². The third kappa shape index (κ3) is 4.11. The molecule has 0 radical (unpaired) electrons. The summed E-state index contributed by atoms with van der Waals surface area (Å²) in [5.41, 5.74) is 3.97. The average Bonchev–Trinajstić information content (AvgIpc) is 3.54. The Morgan fingerprint density at radius 1 is 1.09 bits per heavy atom. The van der Waals surface area contributed by atoms with E-state index < -0.39 is 0 Å². The minimum absolute atomic E-state index is 0.114. The number of thiocarbonyl (C=S) groups is 1. The molecule has 0 spiro atoms. The Kier molecular flexibility index (Phi) is 6.08. The van der Waals surface area contributed by atoms with Gasteiger partial charge in [0.2, 0.25) is 5.91 Å². The monoisotopic (exact) mass is 475 g/mol. The number of carbonyl (C=O) groups excluding carboxylic acids is 2. The van der Waals surface area contributed by atoms with Gasteiger partial charge in [-0.15, -0.1) is 0 Å². The highest BCUT2D eigenvalue weighted by molar-refractivity contribution is 8.27. The Labute approximate surface area is 203 Å². The number of aryl methyl sites for hydroxylation is 1. The number of para-hydroxylation sites is 2. The Balaban J connectivity index is 1.53. The van der Waals surface area contributed by atoms with Gasteiger partial charge in [0, 0.05) is 30.2 Å². The van der Waals surface area contributed by atoms with Crippen LogP contribution in [0, 0.1) is 0 Å². The maximum absolute atomic E-state index is 13.2. The number of likely N-dealkylation sites (tertiary alicyclic amines) is 1. The van der Waals surface area contributed by atoms with Crippen molar-refractivity contribution in [2.75, 3.05) is 18.0 Å². The summed E-state index contributed by atoms with van der Waals surface area (Å²) in [4.78, 5) is 30.3. The van der Waals surface area contributed by atoms with Gasteiger partial charge in [0.1, 0.15) is 6.54 Å². The molecule has 3 heterocycles. The van der Waals surface area contributed by atoms with Crippen LogP contribution in [0.3, 0.4) is 0 Å². The third-order valence-electron chi connectivity index (χ3n) is 6.25. The molecule has 0 unspecified atom stereocenters. The van der Waals surface area contributed by atoms with E-state index in [9.17, 15) is 9.59 Å². The number of rotatable bonds is 5. The molecule has 0 bridgehead atoms. The fraction of sp³-hybridized carbons (Fsp3) is 0.269. The lowest BCUT2D eigenvalue weighted by Gasteiger charge is -2.16. The van der Waals surface area contributed by atoms with Gasteiger partial charge in [-0.05, 0) is 43.0 Å². The predicted octanol–water partition coefficient (Wildman–Crippen LogP) is 5.23. The molecule has 2 aliphatic heterocycles. The van der Waals surface area contributed by atoms with Gasteiger partial charge in [0.05, 0.1) is 16.1 Å². The highest BCUT2D eigenvalue weighted by atomic mass is 32.2. The lowest BCUT2D eigenvalue weighted by molar-refractivity contribution is -0.130. The molecule has 33 heavy (non-hydrogen) atoms. The molecule has 0 aliphatic carbocycles. The molecule has 2 aliphatic rings. The van der Waals surface area contributed by atoms with Crippen molar-refractivity contribution in [3.05, 3.63) is 70.8 Å². The van der Waals surface area contributed by atoms with Gasteiger partial charge >= 0.3 is 0 Å². The summed E-state index contributed by atoms with van der Waals surface area (Å²) in [6.07, 6.45) is 6.95. The van der Waals surface area contributed by atoms with E-state index in [1.165, 1.54) is 17.3 Å². The zero-order valence-corrected chi connectivity index (χ0v) is 20.1. The van der Waals surface area contributed by atoms with Gasteiger partial charge in [0.15, 0.2) is 4.32 Å². The van der Waals surface area contributed by atoms with Crippen molar-refractivity contribution in [1.82, 2.24) is 9.47 Å².